The number of hydrogen-bond acceptors (Lipinski definition) is 3. The molecule has 0 aliphatic rings. The van der Waals surface area contributed by atoms with E-state index >= 15 is 0 Å². The van der Waals surface area contributed by atoms with Gasteiger partial charge < -0.3 is 14.6 Å². The van der Waals surface area contributed by atoms with Crippen molar-refractivity contribution in [1.82, 2.24) is 0 Å². The fraction of sp³-hybridized carbons (Fsp3) is 0.182. The van der Waals surface area contributed by atoms with E-state index in [9.17, 15) is 18.0 Å². The molecule has 18 heavy (non-hydrogen) atoms. The van der Waals surface area contributed by atoms with Crippen molar-refractivity contribution in [3.05, 3.63) is 29.8 Å². The van der Waals surface area contributed by atoms with Crippen molar-refractivity contribution in [1.29, 1.82) is 0 Å². The van der Waals surface area contributed by atoms with Gasteiger partial charge in [0.2, 0.25) is 0 Å². The minimum Gasteiger partial charge on any atom is -0.497 e. The standard InChI is InChI=1S/C11H9F3O4/c1-17-8-4-2-7(3-5-10(15)16)9(6-8)18-11(12,13)14/h2-6H,1H3,(H,15,16). The fourth-order valence-corrected chi connectivity index (χ4v) is 1.15. The van der Waals surface area contributed by atoms with Crippen molar-refractivity contribution in [2.45, 2.75) is 6.36 Å². The number of aliphatic carboxylic acids is 1. The van der Waals surface area contributed by atoms with Crippen molar-refractivity contribution in [2.75, 3.05) is 7.11 Å². The molecule has 0 saturated heterocycles. The fourth-order valence-electron chi connectivity index (χ4n) is 1.15. The van der Waals surface area contributed by atoms with E-state index in [1.807, 2.05) is 0 Å². The Bertz CT molecular complexity index is 466. The van der Waals surface area contributed by atoms with Gasteiger partial charge in [0.25, 0.3) is 0 Å². The van der Waals surface area contributed by atoms with E-state index in [-0.39, 0.29) is 11.3 Å². The van der Waals surface area contributed by atoms with Crippen LogP contribution < -0.4 is 9.47 Å². The number of alkyl halides is 3. The SMILES string of the molecule is COc1ccc(C=CC(=O)O)c(OC(F)(F)F)c1. The van der Waals surface area contributed by atoms with Gasteiger partial charge in [-0.05, 0) is 18.2 Å². The summed E-state index contributed by atoms with van der Waals surface area (Å²) >= 11 is 0. The van der Waals surface area contributed by atoms with E-state index in [1.165, 1.54) is 19.2 Å². The first kappa shape index (κ1) is 13.9. The second-order valence-corrected chi connectivity index (χ2v) is 3.12. The molecule has 0 aliphatic carbocycles. The Morgan fingerprint density at radius 3 is 2.56 bits per heavy atom. The number of benzene rings is 1. The van der Waals surface area contributed by atoms with E-state index in [1.54, 1.807) is 0 Å². The predicted molar refractivity (Wildman–Crippen MR) is 56.3 cm³/mol. The summed E-state index contributed by atoms with van der Waals surface area (Å²) < 4.78 is 45.0. The Kier molecular flexibility index (Phi) is 4.19. The molecule has 0 radical (unpaired) electrons. The maximum Gasteiger partial charge on any atom is 0.573 e. The highest BCUT2D eigenvalue weighted by atomic mass is 19.4. The molecule has 0 atom stereocenters. The van der Waals surface area contributed by atoms with Crippen LogP contribution in [0.25, 0.3) is 6.08 Å². The number of carbonyl (C=O) groups is 1. The van der Waals surface area contributed by atoms with Crippen LogP contribution in [0, 0.1) is 0 Å². The first-order valence-corrected chi connectivity index (χ1v) is 4.66. The van der Waals surface area contributed by atoms with Gasteiger partial charge in [0, 0.05) is 17.7 Å². The van der Waals surface area contributed by atoms with Crippen LogP contribution in [0.15, 0.2) is 24.3 Å². The molecule has 1 aromatic carbocycles. The molecule has 0 amide bonds. The molecule has 0 fully saturated rings. The van der Waals surface area contributed by atoms with Crippen LogP contribution in [0.2, 0.25) is 0 Å². The van der Waals surface area contributed by atoms with E-state index in [4.69, 9.17) is 9.84 Å². The van der Waals surface area contributed by atoms with Crippen molar-refractivity contribution >= 4 is 12.0 Å². The van der Waals surface area contributed by atoms with Crippen LogP contribution in [0.4, 0.5) is 13.2 Å². The van der Waals surface area contributed by atoms with Gasteiger partial charge in [0.05, 0.1) is 7.11 Å². The average molecular weight is 262 g/mol. The van der Waals surface area contributed by atoms with Gasteiger partial charge in [-0.15, -0.1) is 13.2 Å². The first-order chi connectivity index (χ1) is 8.31. The first-order valence-electron chi connectivity index (χ1n) is 4.66. The predicted octanol–water partition coefficient (Wildman–Crippen LogP) is 2.69. The number of hydrogen-bond donors (Lipinski definition) is 1. The normalized spacial score (nSPS) is 11.6. The molecule has 0 aliphatic heterocycles. The molecule has 0 spiro atoms. The van der Waals surface area contributed by atoms with E-state index < -0.39 is 18.1 Å². The summed E-state index contributed by atoms with van der Waals surface area (Å²) in [6.45, 7) is 0. The minimum atomic E-state index is -4.86. The zero-order chi connectivity index (χ0) is 13.8. The molecule has 1 rings (SSSR count). The van der Waals surface area contributed by atoms with Gasteiger partial charge in [0.1, 0.15) is 11.5 Å². The molecular weight excluding hydrogens is 253 g/mol. The Hall–Kier alpha value is -2.18. The molecule has 0 unspecified atom stereocenters. The van der Waals surface area contributed by atoms with Gasteiger partial charge in [0.15, 0.2) is 0 Å². The van der Waals surface area contributed by atoms with Gasteiger partial charge in [-0.2, -0.15) is 0 Å². The zero-order valence-corrected chi connectivity index (χ0v) is 9.19. The monoisotopic (exact) mass is 262 g/mol. The lowest BCUT2D eigenvalue weighted by molar-refractivity contribution is -0.274. The lowest BCUT2D eigenvalue weighted by Gasteiger charge is -2.12. The summed E-state index contributed by atoms with van der Waals surface area (Å²) in [6, 6.07) is 3.68. The molecular formula is C11H9F3O4. The molecule has 98 valence electrons. The lowest BCUT2D eigenvalue weighted by Crippen LogP contribution is -2.17. The van der Waals surface area contributed by atoms with Crippen molar-refractivity contribution in [3.63, 3.8) is 0 Å². The minimum absolute atomic E-state index is 0.0180. The Morgan fingerprint density at radius 1 is 1.39 bits per heavy atom. The second-order valence-electron chi connectivity index (χ2n) is 3.12. The largest absolute Gasteiger partial charge is 0.573 e. The van der Waals surface area contributed by atoms with Crippen LogP contribution in [-0.4, -0.2) is 24.5 Å². The Morgan fingerprint density at radius 2 is 2.06 bits per heavy atom. The molecule has 7 heteroatoms. The molecule has 0 saturated carbocycles. The number of carboxylic acids is 1. The highest BCUT2D eigenvalue weighted by Gasteiger charge is 2.32. The maximum absolute atomic E-state index is 12.2. The van der Waals surface area contributed by atoms with Crippen LogP contribution in [0.5, 0.6) is 11.5 Å². The zero-order valence-electron chi connectivity index (χ0n) is 9.19. The van der Waals surface area contributed by atoms with Crippen molar-refractivity contribution < 1.29 is 32.5 Å². The topological polar surface area (TPSA) is 55.8 Å². The summed E-state index contributed by atoms with van der Waals surface area (Å²) in [4.78, 5) is 10.3. The molecule has 1 aromatic rings. The average Bonchev–Trinajstić information content (AvgIpc) is 2.25. The third kappa shape index (κ3) is 4.36. The summed E-state index contributed by atoms with van der Waals surface area (Å²) in [7, 11) is 1.29. The molecule has 0 bridgehead atoms. The third-order valence-corrected chi connectivity index (χ3v) is 1.85. The second kappa shape index (κ2) is 5.44. The van der Waals surface area contributed by atoms with E-state index in [2.05, 4.69) is 4.74 Å². The molecule has 1 N–H and O–H groups in total. The quantitative estimate of drug-likeness (QED) is 0.847. The van der Waals surface area contributed by atoms with E-state index in [0.717, 1.165) is 12.1 Å². The Labute approximate surface area is 100 Å². The smallest absolute Gasteiger partial charge is 0.497 e. The summed E-state index contributed by atoms with van der Waals surface area (Å²) in [6.07, 6.45) is -3.15. The van der Waals surface area contributed by atoms with Crippen molar-refractivity contribution in [2.24, 2.45) is 0 Å². The molecule has 0 aromatic heterocycles. The highest BCUT2D eigenvalue weighted by Crippen LogP contribution is 2.30. The lowest BCUT2D eigenvalue weighted by atomic mass is 10.2. The summed E-state index contributed by atoms with van der Waals surface area (Å²) in [5, 5.41) is 8.42. The highest BCUT2D eigenvalue weighted by molar-refractivity contribution is 5.86. The van der Waals surface area contributed by atoms with Crippen LogP contribution in [0.3, 0.4) is 0 Å². The molecule has 4 nitrogen and oxygen atoms in total. The number of halogens is 3. The summed E-state index contributed by atoms with van der Waals surface area (Å²) in [5.74, 6) is -1.63. The van der Waals surface area contributed by atoms with Crippen LogP contribution in [0.1, 0.15) is 5.56 Å². The van der Waals surface area contributed by atoms with E-state index in [0.29, 0.717) is 6.08 Å². The van der Waals surface area contributed by atoms with Crippen LogP contribution in [-0.2, 0) is 4.79 Å². The number of carboxylic acid groups (broad SMARTS) is 1. The molecule has 0 heterocycles. The van der Waals surface area contributed by atoms with Gasteiger partial charge in [-0.1, -0.05) is 0 Å². The number of ether oxygens (including phenoxy) is 2. The number of rotatable bonds is 4. The third-order valence-electron chi connectivity index (χ3n) is 1.85. The van der Waals surface area contributed by atoms with Gasteiger partial charge in [-0.3, -0.25) is 0 Å². The van der Waals surface area contributed by atoms with Crippen molar-refractivity contribution in [3.8, 4) is 11.5 Å². The van der Waals surface area contributed by atoms with Gasteiger partial charge >= 0.3 is 12.3 Å². The Balaban J connectivity index is 3.12. The van der Waals surface area contributed by atoms with Gasteiger partial charge in [-0.25, -0.2) is 4.79 Å². The number of methoxy groups -OCH3 is 1. The maximum atomic E-state index is 12.2. The summed E-state index contributed by atoms with van der Waals surface area (Å²) in [5.41, 5.74) is -0.0180. The van der Waals surface area contributed by atoms with Crippen LogP contribution >= 0.6 is 0 Å².